The van der Waals surface area contributed by atoms with Gasteiger partial charge in [-0.3, -0.25) is 9.59 Å². The van der Waals surface area contributed by atoms with E-state index in [4.69, 9.17) is 5.11 Å². The van der Waals surface area contributed by atoms with E-state index in [1.54, 1.807) is 10.8 Å². The van der Waals surface area contributed by atoms with Crippen molar-refractivity contribution in [1.29, 1.82) is 0 Å². The molecule has 22 heavy (non-hydrogen) atoms. The molecule has 0 fully saturated rings. The molecule has 2 unspecified atom stereocenters. The van der Waals surface area contributed by atoms with Gasteiger partial charge in [-0.25, -0.2) is 0 Å². The normalized spacial score (nSPS) is 13.8. The van der Waals surface area contributed by atoms with Crippen LogP contribution in [-0.4, -0.2) is 21.6 Å². The van der Waals surface area contributed by atoms with Gasteiger partial charge in [0.05, 0.1) is 0 Å². The number of carboxylic acid groups (broad SMARTS) is 1. The van der Waals surface area contributed by atoms with Gasteiger partial charge in [-0.1, -0.05) is 27.2 Å². The summed E-state index contributed by atoms with van der Waals surface area (Å²) < 4.78 is 1.67. The summed E-state index contributed by atoms with van der Waals surface area (Å²) in [6.45, 7) is 6.01. The lowest BCUT2D eigenvalue weighted by molar-refractivity contribution is -0.137. The largest absolute Gasteiger partial charge is 0.480 e. The number of hydrogen-bond donors (Lipinski definition) is 2. The molecule has 0 aliphatic heterocycles. The standard InChI is InChI=1S/C17H22N2O3/c1-4-11(2)12(3)17(22)18-14-5-6-15-13(9-14)7-8-19(15)10-16(20)21/h5-9,11-12H,4,10H2,1-3H3,(H,18,22)(H,20,21). The third-order valence-corrected chi connectivity index (χ3v) is 4.26. The smallest absolute Gasteiger partial charge is 0.323 e. The molecule has 0 saturated heterocycles. The molecule has 1 aromatic carbocycles. The number of fused-ring (bicyclic) bond motifs is 1. The van der Waals surface area contributed by atoms with Crippen LogP contribution in [-0.2, 0) is 16.1 Å². The van der Waals surface area contributed by atoms with Crippen molar-refractivity contribution in [2.75, 3.05) is 5.32 Å². The van der Waals surface area contributed by atoms with Gasteiger partial charge in [-0.05, 0) is 30.2 Å². The SMILES string of the molecule is CCC(C)C(C)C(=O)Nc1ccc2c(ccn2CC(=O)O)c1. The van der Waals surface area contributed by atoms with E-state index in [9.17, 15) is 9.59 Å². The topological polar surface area (TPSA) is 71.3 Å². The van der Waals surface area contributed by atoms with Crippen LogP contribution in [0.3, 0.4) is 0 Å². The first-order valence-electron chi connectivity index (χ1n) is 7.54. The maximum atomic E-state index is 12.2. The summed E-state index contributed by atoms with van der Waals surface area (Å²) in [5.41, 5.74) is 1.58. The lowest BCUT2D eigenvalue weighted by atomic mass is 9.93. The van der Waals surface area contributed by atoms with Gasteiger partial charge in [0.2, 0.25) is 5.91 Å². The number of carbonyl (C=O) groups excluding carboxylic acids is 1. The molecule has 0 bridgehead atoms. The van der Waals surface area contributed by atoms with Gasteiger partial charge in [0.15, 0.2) is 0 Å². The molecule has 2 N–H and O–H groups in total. The Kier molecular flexibility index (Phi) is 4.85. The summed E-state index contributed by atoms with van der Waals surface area (Å²) in [5, 5.41) is 12.7. The molecular weight excluding hydrogens is 280 g/mol. The van der Waals surface area contributed by atoms with Gasteiger partial charge in [-0.15, -0.1) is 0 Å². The van der Waals surface area contributed by atoms with Crippen molar-refractivity contribution in [2.24, 2.45) is 11.8 Å². The molecular formula is C17H22N2O3. The summed E-state index contributed by atoms with van der Waals surface area (Å²) >= 11 is 0. The summed E-state index contributed by atoms with van der Waals surface area (Å²) in [6.07, 6.45) is 2.71. The highest BCUT2D eigenvalue weighted by Gasteiger charge is 2.19. The van der Waals surface area contributed by atoms with E-state index in [1.165, 1.54) is 0 Å². The first kappa shape index (κ1) is 16.1. The Labute approximate surface area is 129 Å². The molecule has 0 spiro atoms. The summed E-state index contributed by atoms with van der Waals surface area (Å²) in [6, 6.07) is 7.37. The minimum atomic E-state index is -0.878. The minimum absolute atomic E-state index is 0.0127. The van der Waals surface area contributed by atoms with Crippen LogP contribution >= 0.6 is 0 Å². The second-order valence-electron chi connectivity index (χ2n) is 5.77. The zero-order chi connectivity index (χ0) is 16.3. The van der Waals surface area contributed by atoms with Crippen LogP contribution in [0.4, 0.5) is 5.69 Å². The first-order valence-corrected chi connectivity index (χ1v) is 7.54. The number of hydrogen-bond acceptors (Lipinski definition) is 2. The highest BCUT2D eigenvalue weighted by Crippen LogP contribution is 2.22. The zero-order valence-corrected chi connectivity index (χ0v) is 13.2. The molecule has 1 aromatic heterocycles. The summed E-state index contributed by atoms with van der Waals surface area (Å²) in [5.74, 6) is -0.575. The van der Waals surface area contributed by atoms with Crippen LogP contribution in [0.15, 0.2) is 30.5 Å². The van der Waals surface area contributed by atoms with E-state index in [0.717, 1.165) is 23.0 Å². The van der Waals surface area contributed by atoms with Gasteiger partial charge < -0.3 is 15.0 Å². The van der Waals surface area contributed by atoms with Crippen LogP contribution < -0.4 is 5.32 Å². The number of carboxylic acids is 1. The number of rotatable bonds is 6. The molecule has 2 aromatic rings. The summed E-state index contributed by atoms with van der Waals surface area (Å²) in [4.78, 5) is 23.0. The molecule has 1 amide bonds. The number of aliphatic carboxylic acids is 1. The van der Waals surface area contributed by atoms with E-state index < -0.39 is 5.97 Å². The molecule has 2 rings (SSSR count). The lowest BCUT2D eigenvalue weighted by Crippen LogP contribution is -2.25. The van der Waals surface area contributed by atoms with Crippen molar-refractivity contribution in [1.82, 2.24) is 4.57 Å². The van der Waals surface area contributed by atoms with E-state index in [0.29, 0.717) is 5.92 Å². The molecule has 1 heterocycles. The Morgan fingerprint density at radius 1 is 1.27 bits per heavy atom. The third-order valence-electron chi connectivity index (χ3n) is 4.26. The maximum Gasteiger partial charge on any atom is 0.323 e. The molecule has 2 atom stereocenters. The highest BCUT2D eigenvalue weighted by atomic mass is 16.4. The molecule has 0 aliphatic carbocycles. The Bertz CT molecular complexity index is 690. The van der Waals surface area contributed by atoms with E-state index in [2.05, 4.69) is 19.2 Å². The quantitative estimate of drug-likeness (QED) is 0.859. The van der Waals surface area contributed by atoms with Crippen molar-refractivity contribution >= 4 is 28.5 Å². The second-order valence-corrected chi connectivity index (χ2v) is 5.77. The van der Waals surface area contributed by atoms with E-state index in [1.807, 2.05) is 31.2 Å². The van der Waals surface area contributed by atoms with Gasteiger partial charge >= 0.3 is 5.97 Å². The fourth-order valence-electron chi connectivity index (χ4n) is 2.43. The Morgan fingerprint density at radius 3 is 2.64 bits per heavy atom. The Hall–Kier alpha value is -2.30. The van der Waals surface area contributed by atoms with Crippen LogP contribution in [0.1, 0.15) is 27.2 Å². The molecule has 0 saturated carbocycles. The van der Waals surface area contributed by atoms with E-state index >= 15 is 0 Å². The number of anilines is 1. The van der Waals surface area contributed by atoms with Gasteiger partial charge in [-0.2, -0.15) is 0 Å². The van der Waals surface area contributed by atoms with Gasteiger partial charge in [0.1, 0.15) is 6.54 Å². The second kappa shape index (κ2) is 6.64. The molecule has 118 valence electrons. The number of benzene rings is 1. The average molecular weight is 302 g/mol. The van der Waals surface area contributed by atoms with Crippen LogP contribution in [0.5, 0.6) is 0 Å². The maximum absolute atomic E-state index is 12.2. The number of nitrogens with one attached hydrogen (secondary N) is 1. The van der Waals surface area contributed by atoms with E-state index in [-0.39, 0.29) is 18.4 Å². The fraction of sp³-hybridized carbons (Fsp3) is 0.412. The van der Waals surface area contributed by atoms with Crippen molar-refractivity contribution in [3.05, 3.63) is 30.5 Å². The fourth-order valence-corrected chi connectivity index (χ4v) is 2.43. The van der Waals surface area contributed by atoms with Crippen LogP contribution in [0, 0.1) is 11.8 Å². The monoisotopic (exact) mass is 302 g/mol. The predicted molar refractivity (Wildman–Crippen MR) is 86.8 cm³/mol. The van der Waals surface area contributed by atoms with Crippen LogP contribution in [0.2, 0.25) is 0 Å². The Morgan fingerprint density at radius 2 is 2.00 bits per heavy atom. The van der Waals surface area contributed by atoms with Gasteiger partial charge in [0, 0.05) is 28.7 Å². The average Bonchev–Trinajstić information content (AvgIpc) is 2.87. The molecule has 0 radical (unpaired) electrons. The summed E-state index contributed by atoms with van der Waals surface area (Å²) in [7, 11) is 0. The molecule has 0 aliphatic rings. The molecule has 5 nitrogen and oxygen atoms in total. The predicted octanol–water partition coefficient (Wildman–Crippen LogP) is 3.35. The van der Waals surface area contributed by atoms with Crippen molar-refractivity contribution in [2.45, 2.75) is 33.7 Å². The molecule has 5 heteroatoms. The minimum Gasteiger partial charge on any atom is -0.480 e. The number of amides is 1. The van der Waals surface area contributed by atoms with Crippen LogP contribution in [0.25, 0.3) is 10.9 Å². The van der Waals surface area contributed by atoms with Gasteiger partial charge in [0.25, 0.3) is 0 Å². The van der Waals surface area contributed by atoms with Crippen molar-refractivity contribution in [3.8, 4) is 0 Å². The van der Waals surface area contributed by atoms with Crippen molar-refractivity contribution < 1.29 is 14.7 Å². The third kappa shape index (κ3) is 3.47. The number of nitrogens with zero attached hydrogens (tertiary/aromatic N) is 1. The number of carbonyl (C=O) groups is 2. The lowest BCUT2D eigenvalue weighted by Gasteiger charge is -2.17. The zero-order valence-electron chi connectivity index (χ0n) is 13.2. The Balaban J connectivity index is 2.17. The van der Waals surface area contributed by atoms with Crippen molar-refractivity contribution in [3.63, 3.8) is 0 Å². The number of aromatic nitrogens is 1. The first-order chi connectivity index (χ1) is 10.4. The highest BCUT2D eigenvalue weighted by molar-refractivity contribution is 5.95.